The lowest BCUT2D eigenvalue weighted by Gasteiger charge is -2.26. The fourth-order valence-electron chi connectivity index (χ4n) is 4.34. The normalized spacial score (nSPS) is 15.9. The Hall–Kier alpha value is -3.07. The van der Waals surface area contributed by atoms with E-state index in [0.717, 1.165) is 29.6 Å². The van der Waals surface area contributed by atoms with Crippen molar-refractivity contribution in [2.45, 2.75) is 71.1 Å². The monoisotopic (exact) mass is 467 g/mol. The molecule has 3 aromatic rings. The second-order valence-electron chi connectivity index (χ2n) is 9.83. The number of nitrogens with two attached hydrogens (primary N) is 1. The standard InChI is InChI=1S/C25H37N7O2/c1-16(25(2,3)33)13-28-24-30-22(27-14-17-9-8-12-19(34-4)20(17)26)21-23(31-24)32(15-29-21)18-10-6-5-7-11-18/h8-9,12,15-16,18,33H,5-7,10-11,13-14,26H2,1-4H3,(H2,27,28,30,31). The molecule has 0 spiro atoms. The summed E-state index contributed by atoms with van der Waals surface area (Å²) >= 11 is 0. The Morgan fingerprint density at radius 1 is 1.21 bits per heavy atom. The Balaban J connectivity index is 1.65. The van der Waals surface area contributed by atoms with Crippen molar-refractivity contribution in [3.8, 4) is 5.75 Å². The van der Waals surface area contributed by atoms with E-state index in [4.69, 9.17) is 20.4 Å². The highest BCUT2D eigenvalue weighted by Crippen LogP contribution is 2.32. The first-order valence-corrected chi connectivity index (χ1v) is 12.1. The Morgan fingerprint density at radius 3 is 2.68 bits per heavy atom. The van der Waals surface area contributed by atoms with Crippen LogP contribution in [0.3, 0.4) is 0 Å². The van der Waals surface area contributed by atoms with E-state index in [2.05, 4.69) is 20.2 Å². The zero-order valence-electron chi connectivity index (χ0n) is 20.6. The van der Waals surface area contributed by atoms with Crippen LogP contribution in [-0.4, -0.2) is 43.9 Å². The highest BCUT2D eigenvalue weighted by molar-refractivity contribution is 5.84. The van der Waals surface area contributed by atoms with E-state index in [-0.39, 0.29) is 5.92 Å². The number of aromatic nitrogens is 4. The van der Waals surface area contributed by atoms with Crippen molar-refractivity contribution in [2.24, 2.45) is 5.92 Å². The second kappa shape index (κ2) is 10.0. The maximum absolute atomic E-state index is 10.3. The minimum absolute atomic E-state index is 0.0167. The van der Waals surface area contributed by atoms with E-state index in [9.17, 15) is 5.11 Å². The van der Waals surface area contributed by atoms with E-state index < -0.39 is 5.60 Å². The number of nitrogens with one attached hydrogen (secondary N) is 2. The van der Waals surface area contributed by atoms with Crippen LogP contribution in [0.25, 0.3) is 11.2 Å². The van der Waals surface area contributed by atoms with Crippen molar-refractivity contribution >= 4 is 28.6 Å². The molecule has 5 N–H and O–H groups in total. The molecule has 0 amide bonds. The number of anilines is 3. The van der Waals surface area contributed by atoms with Gasteiger partial charge in [0.2, 0.25) is 5.95 Å². The largest absolute Gasteiger partial charge is 0.495 e. The first-order valence-electron chi connectivity index (χ1n) is 12.1. The van der Waals surface area contributed by atoms with Gasteiger partial charge >= 0.3 is 0 Å². The fraction of sp³-hybridized carbons (Fsp3) is 0.560. The number of imidazole rings is 1. The van der Waals surface area contributed by atoms with E-state index in [0.29, 0.717) is 42.3 Å². The van der Waals surface area contributed by atoms with Crippen molar-refractivity contribution in [2.75, 3.05) is 30.0 Å². The van der Waals surface area contributed by atoms with Gasteiger partial charge in [0, 0.05) is 25.0 Å². The van der Waals surface area contributed by atoms with Gasteiger partial charge in [-0.2, -0.15) is 9.97 Å². The molecule has 2 aromatic heterocycles. The molecule has 1 aliphatic carbocycles. The Kier molecular flexibility index (Phi) is 7.11. The molecule has 1 atom stereocenters. The minimum Gasteiger partial charge on any atom is -0.495 e. The predicted molar refractivity (Wildman–Crippen MR) is 136 cm³/mol. The molecule has 1 aliphatic rings. The van der Waals surface area contributed by atoms with Gasteiger partial charge in [0.1, 0.15) is 5.75 Å². The molecular formula is C25H37N7O2. The lowest BCUT2D eigenvalue weighted by molar-refractivity contribution is 0.0303. The van der Waals surface area contributed by atoms with Crippen LogP contribution in [0.1, 0.15) is 64.5 Å². The van der Waals surface area contributed by atoms with Crippen molar-refractivity contribution in [1.82, 2.24) is 19.5 Å². The average Bonchev–Trinajstić information content (AvgIpc) is 3.26. The molecule has 4 rings (SSSR count). The number of para-hydroxylation sites is 1. The first kappa shape index (κ1) is 24.1. The topological polar surface area (TPSA) is 123 Å². The number of ether oxygens (including phenoxy) is 1. The summed E-state index contributed by atoms with van der Waals surface area (Å²) in [7, 11) is 1.61. The summed E-state index contributed by atoms with van der Waals surface area (Å²) in [5, 5.41) is 17.1. The maximum Gasteiger partial charge on any atom is 0.226 e. The first-order chi connectivity index (χ1) is 16.3. The molecule has 1 aromatic carbocycles. The summed E-state index contributed by atoms with van der Waals surface area (Å²) in [5.41, 5.74) is 8.56. The van der Waals surface area contributed by atoms with E-state index in [1.165, 1.54) is 19.3 Å². The van der Waals surface area contributed by atoms with Crippen molar-refractivity contribution in [3.63, 3.8) is 0 Å². The van der Waals surface area contributed by atoms with Gasteiger partial charge in [-0.3, -0.25) is 0 Å². The molecular weight excluding hydrogens is 430 g/mol. The zero-order chi connectivity index (χ0) is 24.3. The zero-order valence-corrected chi connectivity index (χ0v) is 20.6. The third-order valence-electron chi connectivity index (χ3n) is 6.98. The van der Waals surface area contributed by atoms with Crippen molar-refractivity contribution in [3.05, 3.63) is 30.1 Å². The summed E-state index contributed by atoms with van der Waals surface area (Å²) in [6, 6.07) is 6.14. The predicted octanol–water partition coefficient (Wildman–Crippen LogP) is 4.35. The van der Waals surface area contributed by atoms with Crippen LogP contribution >= 0.6 is 0 Å². The number of hydrogen-bond acceptors (Lipinski definition) is 8. The van der Waals surface area contributed by atoms with Gasteiger partial charge in [0.15, 0.2) is 17.0 Å². The van der Waals surface area contributed by atoms with Gasteiger partial charge < -0.3 is 30.8 Å². The van der Waals surface area contributed by atoms with Gasteiger partial charge in [-0.1, -0.05) is 38.3 Å². The van der Waals surface area contributed by atoms with E-state index >= 15 is 0 Å². The molecule has 1 saturated carbocycles. The number of methoxy groups -OCH3 is 1. The Bertz CT molecular complexity index is 1120. The highest BCUT2D eigenvalue weighted by atomic mass is 16.5. The number of nitrogens with zero attached hydrogens (tertiary/aromatic N) is 4. The van der Waals surface area contributed by atoms with Crippen LogP contribution in [-0.2, 0) is 6.54 Å². The number of fused-ring (bicyclic) bond motifs is 1. The summed E-state index contributed by atoms with van der Waals surface area (Å²) in [5.74, 6) is 1.84. The lowest BCUT2D eigenvalue weighted by atomic mass is 9.93. The van der Waals surface area contributed by atoms with Crippen LogP contribution in [0.4, 0.5) is 17.5 Å². The average molecular weight is 468 g/mol. The van der Waals surface area contributed by atoms with Crippen LogP contribution in [0.15, 0.2) is 24.5 Å². The number of aliphatic hydroxyl groups is 1. The molecule has 184 valence electrons. The highest BCUT2D eigenvalue weighted by Gasteiger charge is 2.24. The Morgan fingerprint density at radius 2 is 1.97 bits per heavy atom. The minimum atomic E-state index is -0.800. The third kappa shape index (κ3) is 5.19. The third-order valence-corrected chi connectivity index (χ3v) is 6.98. The lowest BCUT2D eigenvalue weighted by Crippen LogP contribution is -2.33. The molecule has 9 heteroatoms. The summed E-state index contributed by atoms with van der Waals surface area (Å²) < 4.78 is 7.55. The molecule has 9 nitrogen and oxygen atoms in total. The molecule has 0 bridgehead atoms. The molecule has 1 fully saturated rings. The van der Waals surface area contributed by atoms with Crippen LogP contribution < -0.4 is 21.1 Å². The number of hydrogen-bond donors (Lipinski definition) is 4. The molecule has 1 unspecified atom stereocenters. The molecule has 0 aliphatic heterocycles. The fourth-order valence-corrected chi connectivity index (χ4v) is 4.34. The second-order valence-corrected chi connectivity index (χ2v) is 9.83. The van der Waals surface area contributed by atoms with Gasteiger partial charge in [0.25, 0.3) is 0 Å². The van der Waals surface area contributed by atoms with Crippen molar-refractivity contribution < 1.29 is 9.84 Å². The Labute approximate surface area is 201 Å². The van der Waals surface area contributed by atoms with Gasteiger partial charge in [0.05, 0.1) is 24.7 Å². The van der Waals surface area contributed by atoms with Gasteiger partial charge in [-0.05, 0) is 38.3 Å². The van der Waals surface area contributed by atoms with E-state index in [1.807, 2.05) is 45.3 Å². The smallest absolute Gasteiger partial charge is 0.226 e. The molecule has 0 saturated heterocycles. The van der Waals surface area contributed by atoms with Crippen molar-refractivity contribution in [1.29, 1.82) is 0 Å². The summed E-state index contributed by atoms with van der Waals surface area (Å²) in [4.78, 5) is 14.3. The maximum atomic E-state index is 10.3. The molecule has 34 heavy (non-hydrogen) atoms. The SMILES string of the molecule is COc1cccc(CNc2nc(NCC(C)C(C)(C)O)nc3c2ncn3C2CCCCC2)c1N. The van der Waals surface area contributed by atoms with Gasteiger partial charge in [-0.25, -0.2) is 4.98 Å². The summed E-state index contributed by atoms with van der Waals surface area (Å²) in [6.45, 7) is 6.66. The number of benzene rings is 1. The van der Waals surface area contributed by atoms with E-state index in [1.54, 1.807) is 7.11 Å². The molecule has 2 heterocycles. The quantitative estimate of drug-likeness (QED) is 0.343. The molecule has 0 radical (unpaired) electrons. The number of rotatable bonds is 9. The number of nitrogen functional groups attached to an aromatic ring is 1. The summed E-state index contributed by atoms with van der Waals surface area (Å²) in [6.07, 6.45) is 7.90. The van der Waals surface area contributed by atoms with Crippen LogP contribution in [0.5, 0.6) is 5.75 Å². The van der Waals surface area contributed by atoms with Gasteiger partial charge in [-0.15, -0.1) is 0 Å². The van der Waals surface area contributed by atoms with Crippen LogP contribution in [0, 0.1) is 5.92 Å². The van der Waals surface area contributed by atoms with Crippen LogP contribution in [0.2, 0.25) is 0 Å².